The second-order valence-corrected chi connectivity index (χ2v) is 7.75. The van der Waals surface area contributed by atoms with E-state index >= 15 is 0 Å². The van der Waals surface area contributed by atoms with Crippen LogP contribution in [0.4, 0.5) is 11.4 Å². The molecule has 1 N–H and O–H groups in total. The van der Waals surface area contributed by atoms with Gasteiger partial charge in [-0.1, -0.05) is 47.5 Å². The van der Waals surface area contributed by atoms with Gasteiger partial charge in [-0.2, -0.15) is 0 Å². The minimum absolute atomic E-state index is 0.261. The zero-order valence-electron chi connectivity index (χ0n) is 17.2. The molecule has 0 fully saturated rings. The molecule has 0 aliphatic heterocycles. The molecule has 4 rings (SSSR count). The first-order valence-electron chi connectivity index (χ1n) is 9.95. The quantitative estimate of drug-likeness (QED) is 0.311. The van der Waals surface area contributed by atoms with Gasteiger partial charge in [0.25, 0.3) is 0 Å². The van der Waals surface area contributed by atoms with Crippen LogP contribution in [-0.2, 0) is 4.74 Å². The zero-order chi connectivity index (χ0) is 22.5. The maximum absolute atomic E-state index is 12.6. The molecule has 0 aliphatic carbocycles. The molecule has 0 saturated heterocycles. The summed E-state index contributed by atoms with van der Waals surface area (Å²) in [6.07, 6.45) is 9.01. The number of carbonyl (C=O) groups excluding carboxylic acids is 1. The number of nitrogens with one attached hydrogen (secondary N) is 1. The Bertz CT molecular complexity index is 1310. The number of benzene rings is 2. The van der Waals surface area contributed by atoms with Crippen LogP contribution in [-0.4, -0.2) is 22.5 Å². The van der Waals surface area contributed by atoms with Crippen molar-refractivity contribution in [3.05, 3.63) is 93.9 Å². The lowest BCUT2D eigenvalue weighted by Gasteiger charge is -2.15. The molecule has 0 aliphatic rings. The first-order valence-corrected chi connectivity index (χ1v) is 10.7. The number of pyridine rings is 2. The third-order valence-corrected chi connectivity index (χ3v) is 5.30. The fourth-order valence-electron chi connectivity index (χ4n) is 3.21. The Labute approximate surface area is 195 Å². The maximum atomic E-state index is 12.6. The molecule has 7 heteroatoms. The van der Waals surface area contributed by atoms with Crippen LogP contribution in [0.5, 0.6) is 0 Å². The monoisotopic (exact) mass is 463 g/mol. The summed E-state index contributed by atoms with van der Waals surface area (Å²) in [5.74, 6) is -0.462. The van der Waals surface area contributed by atoms with Gasteiger partial charge in [0.05, 0.1) is 28.5 Å². The van der Waals surface area contributed by atoms with Crippen LogP contribution in [0.25, 0.3) is 23.1 Å². The van der Waals surface area contributed by atoms with Crippen molar-refractivity contribution in [3.63, 3.8) is 0 Å². The number of fused-ring (bicyclic) bond motifs is 1. The SMILES string of the molecule is CCOC(=O)c1cnc2cc(C=Cc3ccncc3)ccc2c1Nc1ccc(Cl)cc1Cl. The molecule has 0 radical (unpaired) electrons. The summed E-state index contributed by atoms with van der Waals surface area (Å²) in [5, 5.41) is 5.00. The van der Waals surface area contributed by atoms with E-state index < -0.39 is 5.97 Å². The lowest BCUT2D eigenvalue weighted by Crippen LogP contribution is -2.09. The summed E-state index contributed by atoms with van der Waals surface area (Å²) in [4.78, 5) is 21.1. The normalized spacial score (nSPS) is 11.1. The summed E-state index contributed by atoms with van der Waals surface area (Å²) in [6.45, 7) is 2.02. The van der Waals surface area contributed by atoms with Crippen LogP contribution in [0.15, 0.2) is 67.1 Å². The van der Waals surface area contributed by atoms with Gasteiger partial charge in [-0.05, 0) is 54.4 Å². The van der Waals surface area contributed by atoms with E-state index in [1.165, 1.54) is 6.20 Å². The minimum Gasteiger partial charge on any atom is -0.462 e. The number of ether oxygens (including phenoxy) is 1. The number of nitrogens with zero attached hydrogens (tertiary/aromatic N) is 2. The van der Waals surface area contributed by atoms with E-state index in [1.807, 2.05) is 42.5 Å². The number of anilines is 2. The van der Waals surface area contributed by atoms with Gasteiger partial charge in [-0.15, -0.1) is 0 Å². The Morgan fingerprint density at radius 2 is 1.81 bits per heavy atom. The molecule has 2 aromatic heterocycles. The number of hydrogen-bond acceptors (Lipinski definition) is 5. The largest absolute Gasteiger partial charge is 0.462 e. The molecule has 0 amide bonds. The van der Waals surface area contributed by atoms with Crippen molar-refractivity contribution in [2.45, 2.75) is 6.92 Å². The van der Waals surface area contributed by atoms with E-state index in [0.717, 1.165) is 22.0 Å². The average Bonchev–Trinajstić information content (AvgIpc) is 2.80. The number of aromatic nitrogens is 2. The second kappa shape index (κ2) is 9.81. The highest BCUT2D eigenvalue weighted by atomic mass is 35.5. The van der Waals surface area contributed by atoms with E-state index in [9.17, 15) is 4.79 Å². The molecule has 0 spiro atoms. The molecule has 32 heavy (non-hydrogen) atoms. The predicted octanol–water partition coefficient (Wildman–Crippen LogP) is 7.03. The van der Waals surface area contributed by atoms with Crippen molar-refractivity contribution in [3.8, 4) is 0 Å². The lowest BCUT2D eigenvalue weighted by atomic mass is 10.1. The van der Waals surface area contributed by atoms with Gasteiger partial charge in [0, 0.05) is 29.0 Å². The molecule has 0 saturated carbocycles. The summed E-state index contributed by atoms with van der Waals surface area (Å²) in [5.41, 5.74) is 4.26. The summed E-state index contributed by atoms with van der Waals surface area (Å²) in [7, 11) is 0. The van der Waals surface area contributed by atoms with Crippen molar-refractivity contribution in [1.29, 1.82) is 0 Å². The van der Waals surface area contributed by atoms with E-state index in [4.69, 9.17) is 27.9 Å². The highest BCUT2D eigenvalue weighted by Gasteiger charge is 2.18. The van der Waals surface area contributed by atoms with E-state index in [-0.39, 0.29) is 6.61 Å². The predicted molar refractivity (Wildman–Crippen MR) is 131 cm³/mol. The topological polar surface area (TPSA) is 64.1 Å². The molecular formula is C25H19Cl2N3O2. The fraction of sp³-hybridized carbons (Fsp3) is 0.0800. The van der Waals surface area contributed by atoms with Crippen LogP contribution in [0.2, 0.25) is 10.0 Å². The standard InChI is InChI=1S/C25H19Cl2N3O2/c1-2-32-25(31)20-15-29-23-13-17(4-3-16-9-11-28-12-10-16)5-7-19(23)24(20)30-22-8-6-18(26)14-21(22)27/h3-15H,2H2,1H3,(H,29,30). The van der Waals surface area contributed by atoms with Gasteiger partial charge in [-0.25, -0.2) is 4.79 Å². The minimum atomic E-state index is -0.462. The van der Waals surface area contributed by atoms with E-state index in [1.54, 1.807) is 37.5 Å². The number of esters is 1. The summed E-state index contributed by atoms with van der Waals surface area (Å²) >= 11 is 12.4. The van der Waals surface area contributed by atoms with Crippen LogP contribution in [0.1, 0.15) is 28.4 Å². The average molecular weight is 464 g/mol. The molecule has 160 valence electrons. The van der Waals surface area contributed by atoms with E-state index in [0.29, 0.717) is 27.0 Å². The zero-order valence-corrected chi connectivity index (χ0v) is 18.7. The molecule has 5 nitrogen and oxygen atoms in total. The highest BCUT2D eigenvalue weighted by molar-refractivity contribution is 6.36. The van der Waals surface area contributed by atoms with E-state index in [2.05, 4.69) is 15.3 Å². The third kappa shape index (κ3) is 4.90. The highest BCUT2D eigenvalue weighted by Crippen LogP contribution is 2.34. The Morgan fingerprint density at radius 3 is 2.56 bits per heavy atom. The first kappa shape index (κ1) is 21.8. The number of rotatable bonds is 6. The number of carbonyl (C=O) groups is 1. The molecule has 2 aromatic carbocycles. The van der Waals surface area contributed by atoms with Crippen molar-refractivity contribution < 1.29 is 9.53 Å². The number of halogens is 2. The molecule has 0 bridgehead atoms. The van der Waals surface area contributed by atoms with Crippen LogP contribution < -0.4 is 5.32 Å². The first-order chi connectivity index (χ1) is 15.5. The Morgan fingerprint density at radius 1 is 1.03 bits per heavy atom. The van der Waals surface area contributed by atoms with Gasteiger partial charge < -0.3 is 10.1 Å². The lowest BCUT2D eigenvalue weighted by molar-refractivity contribution is 0.0527. The smallest absolute Gasteiger partial charge is 0.341 e. The second-order valence-electron chi connectivity index (χ2n) is 6.91. The molecule has 2 heterocycles. The summed E-state index contributed by atoms with van der Waals surface area (Å²) in [6, 6.07) is 14.8. The maximum Gasteiger partial charge on any atom is 0.341 e. The molecule has 0 unspecified atom stereocenters. The van der Waals surface area contributed by atoms with Crippen molar-refractivity contribution in [2.75, 3.05) is 11.9 Å². The van der Waals surface area contributed by atoms with Crippen molar-refractivity contribution >= 4 is 63.6 Å². The Kier molecular flexibility index (Phi) is 6.69. The van der Waals surface area contributed by atoms with Gasteiger partial charge >= 0.3 is 5.97 Å². The van der Waals surface area contributed by atoms with Crippen LogP contribution in [0, 0.1) is 0 Å². The molecule has 0 atom stereocenters. The third-order valence-electron chi connectivity index (χ3n) is 4.75. The van der Waals surface area contributed by atoms with Gasteiger partial charge in [0.1, 0.15) is 5.56 Å². The van der Waals surface area contributed by atoms with Gasteiger partial charge in [0.15, 0.2) is 0 Å². The van der Waals surface area contributed by atoms with Crippen LogP contribution >= 0.6 is 23.2 Å². The Hall–Kier alpha value is -3.41. The summed E-state index contributed by atoms with van der Waals surface area (Å²) < 4.78 is 5.23. The van der Waals surface area contributed by atoms with Crippen molar-refractivity contribution in [1.82, 2.24) is 9.97 Å². The molecule has 4 aromatic rings. The van der Waals surface area contributed by atoms with Gasteiger partial charge in [0.2, 0.25) is 0 Å². The Balaban J connectivity index is 1.77. The van der Waals surface area contributed by atoms with Crippen LogP contribution in [0.3, 0.4) is 0 Å². The fourth-order valence-corrected chi connectivity index (χ4v) is 3.66. The van der Waals surface area contributed by atoms with Crippen molar-refractivity contribution in [2.24, 2.45) is 0 Å². The van der Waals surface area contributed by atoms with Gasteiger partial charge in [-0.3, -0.25) is 9.97 Å². The molecular weight excluding hydrogens is 445 g/mol. The number of hydrogen-bond donors (Lipinski definition) is 1.